The van der Waals surface area contributed by atoms with Crippen LogP contribution < -0.4 is 4.90 Å². The minimum Gasteiger partial charge on any atom is -0.448 e. The number of hydrogen-bond acceptors (Lipinski definition) is 6. The van der Waals surface area contributed by atoms with Crippen molar-refractivity contribution in [1.29, 1.82) is 0 Å². The third-order valence-electron chi connectivity index (χ3n) is 4.72. The molecule has 1 atom stereocenters. The zero-order valence-electron chi connectivity index (χ0n) is 15.7. The van der Waals surface area contributed by atoms with E-state index in [1.807, 2.05) is 41.8 Å². The first-order valence-electron chi connectivity index (χ1n) is 9.16. The Balaban J connectivity index is 1.49. The molecule has 5 nitrogen and oxygen atoms in total. The van der Waals surface area contributed by atoms with Crippen molar-refractivity contribution in [3.05, 3.63) is 57.9 Å². The molecule has 0 aliphatic carbocycles. The summed E-state index contributed by atoms with van der Waals surface area (Å²) in [6.45, 7) is 4.06. The molecular weight excluding hydrogens is 392 g/mol. The van der Waals surface area contributed by atoms with E-state index in [1.165, 1.54) is 11.3 Å². The van der Waals surface area contributed by atoms with Gasteiger partial charge in [0.2, 0.25) is 0 Å². The number of para-hydroxylation sites is 1. The van der Waals surface area contributed by atoms with Crippen LogP contribution in [0.2, 0.25) is 0 Å². The number of ether oxygens (including phenoxy) is 1. The third-order valence-corrected chi connectivity index (χ3v) is 6.90. The summed E-state index contributed by atoms with van der Waals surface area (Å²) in [5.74, 6) is -0.690. The number of nitrogens with zero attached hydrogens (tertiary/aromatic N) is 2. The van der Waals surface area contributed by atoms with Crippen molar-refractivity contribution in [2.75, 3.05) is 11.4 Å². The Labute approximate surface area is 171 Å². The molecule has 0 N–H and O–H groups in total. The van der Waals surface area contributed by atoms with E-state index in [0.717, 1.165) is 34.0 Å². The highest BCUT2D eigenvalue weighted by Crippen LogP contribution is 2.32. The molecule has 3 heterocycles. The fourth-order valence-corrected chi connectivity index (χ4v) is 5.08. The molecule has 7 heteroatoms. The van der Waals surface area contributed by atoms with Crippen LogP contribution in [0.5, 0.6) is 0 Å². The number of carbonyl (C=O) groups is 2. The quantitative estimate of drug-likeness (QED) is 0.583. The summed E-state index contributed by atoms with van der Waals surface area (Å²) >= 11 is 2.88. The van der Waals surface area contributed by atoms with Crippen molar-refractivity contribution in [2.24, 2.45) is 0 Å². The number of carbonyl (C=O) groups excluding carboxylic acids is 2. The molecule has 0 spiro atoms. The fraction of sp³-hybridized carbons (Fsp3) is 0.286. The van der Waals surface area contributed by atoms with Crippen LogP contribution >= 0.6 is 22.7 Å². The summed E-state index contributed by atoms with van der Waals surface area (Å²) in [5.41, 5.74) is 2.69. The largest absolute Gasteiger partial charge is 0.448 e. The smallest absolute Gasteiger partial charge is 0.351 e. The van der Waals surface area contributed by atoms with Crippen molar-refractivity contribution in [1.82, 2.24) is 4.98 Å². The van der Waals surface area contributed by atoms with Crippen LogP contribution in [0.4, 0.5) is 5.69 Å². The lowest BCUT2D eigenvalue weighted by atomic mass is 10.0. The van der Waals surface area contributed by atoms with E-state index >= 15 is 0 Å². The molecule has 144 valence electrons. The molecule has 1 amide bonds. The molecule has 1 aliphatic heterocycles. The predicted molar refractivity (Wildman–Crippen MR) is 112 cm³/mol. The van der Waals surface area contributed by atoms with Gasteiger partial charge in [-0.1, -0.05) is 24.3 Å². The number of aromatic nitrogens is 1. The van der Waals surface area contributed by atoms with Gasteiger partial charge in [-0.15, -0.1) is 22.7 Å². The first-order chi connectivity index (χ1) is 13.5. The second kappa shape index (κ2) is 7.85. The van der Waals surface area contributed by atoms with Crippen LogP contribution in [0.25, 0.3) is 9.88 Å². The van der Waals surface area contributed by atoms with Crippen LogP contribution in [-0.2, 0) is 16.0 Å². The second-order valence-corrected chi connectivity index (χ2v) is 8.63. The minimum absolute atomic E-state index is 0.193. The van der Waals surface area contributed by atoms with E-state index in [1.54, 1.807) is 30.1 Å². The predicted octanol–water partition coefficient (Wildman–Crippen LogP) is 4.70. The van der Waals surface area contributed by atoms with Gasteiger partial charge in [-0.05, 0) is 49.8 Å². The van der Waals surface area contributed by atoms with E-state index in [0.29, 0.717) is 17.1 Å². The summed E-state index contributed by atoms with van der Waals surface area (Å²) in [7, 11) is 0. The number of thiazole rings is 1. The SMILES string of the molecule is Cc1nc(-c2cccs2)sc1C(=O)OC(C)C(=O)N1CCCc2ccccc21. The van der Waals surface area contributed by atoms with Crippen LogP contribution in [0, 0.1) is 6.92 Å². The Morgan fingerprint density at radius 3 is 2.82 bits per heavy atom. The number of esters is 1. The monoisotopic (exact) mass is 412 g/mol. The first kappa shape index (κ1) is 18.8. The highest BCUT2D eigenvalue weighted by Gasteiger charge is 2.29. The number of aryl methyl sites for hydroxylation is 2. The van der Waals surface area contributed by atoms with E-state index in [9.17, 15) is 9.59 Å². The molecule has 0 saturated carbocycles. The van der Waals surface area contributed by atoms with Crippen LogP contribution in [0.3, 0.4) is 0 Å². The number of benzene rings is 1. The molecule has 0 fully saturated rings. The normalized spacial score (nSPS) is 14.4. The summed E-state index contributed by atoms with van der Waals surface area (Å²) in [4.78, 5) is 33.3. The highest BCUT2D eigenvalue weighted by atomic mass is 32.1. The first-order valence-corrected chi connectivity index (χ1v) is 10.9. The third kappa shape index (κ3) is 3.59. The molecule has 0 radical (unpaired) electrons. The second-order valence-electron chi connectivity index (χ2n) is 6.68. The van der Waals surface area contributed by atoms with Gasteiger partial charge >= 0.3 is 5.97 Å². The Bertz CT molecular complexity index is 1010. The molecule has 1 aliphatic rings. The number of rotatable bonds is 4. The number of fused-ring (bicyclic) bond motifs is 1. The Morgan fingerprint density at radius 1 is 1.21 bits per heavy atom. The molecule has 4 rings (SSSR count). The van der Waals surface area contributed by atoms with E-state index in [-0.39, 0.29) is 5.91 Å². The molecule has 0 saturated heterocycles. The Kier molecular flexibility index (Phi) is 5.28. The van der Waals surface area contributed by atoms with Gasteiger partial charge in [-0.25, -0.2) is 9.78 Å². The maximum Gasteiger partial charge on any atom is 0.351 e. The fourth-order valence-electron chi connectivity index (χ4n) is 3.34. The van der Waals surface area contributed by atoms with Crippen LogP contribution in [0.15, 0.2) is 41.8 Å². The highest BCUT2D eigenvalue weighted by molar-refractivity contribution is 7.22. The van der Waals surface area contributed by atoms with E-state index in [4.69, 9.17) is 4.74 Å². The molecule has 1 unspecified atom stereocenters. The van der Waals surface area contributed by atoms with Gasteiger partial charge in [0, 0.05) is 12.2 Å². The summed E-state index contributed by atoms with van der Waals surface area (Å²) in [5, 5.41) is 2.77. The van der Waals surface area contributed by atoms with Gasteiger partial charge in [-0.3, -0.25) is 4.79 Å². The summed E-state index contributed by atoms with van der Waals surface area (Å²) in [6, 6.07) is 11.8. The van der Waals surface area contributed by atoms with Gasteiger partial charge in [-0.2, -0.15) is 0 Å². The van der Waals surface area contributed by atoms with Crippen LogP contribution in [-0.4, -0.2) is 29.5 Å². The lowest BCUT2D eigenvalue weighted by molar-refractivity contribution is -0.126. The lowest BCUT2D eigenvalue weighted by Gasteiger charge is -2.31. The molecule has 1 aromatic carbocycles. The van der Waals surface area contributed by atoms with Crippen molar-refractivity contribution in [3.63, 3.8) is 0 Å². The van der Waals surface area contributed by atoms with E-state index < -0.39 is 12.1 Å². The number of hydrogen-bond donors (Lipinski definition) is 0. The zero-order chi connectivity index (χ0) is 19.7. The standard InChI is InChI=1S/C21H20N2O3S2/c1-13-18(28-19(22-13)17-10-6-12-27-17)21(25)26-14(2)20(24)23-11-5-8-15-7-3-4-9-16(15)23/h3-4,6-7,9-10,12,14H,5,8,11H2,1-2H3. The van der Waals surface area contributed by atoms with Crippen LogP contribution in [0.1, 0.15) is 34.3 Å². The number of thiophene rings is 1. The Hall–Kier alpha value is -2.51. The summed E-state index contributed by atoms with van der Waals surface area (Å²) in [6.07, 6.45) is 1.01. The molecule has 0 bridgehead atoms. The maximum atomic E-state index is 12.9. The van der Waals surface area contributed by atoms with Gasteiger partial charge in [0.1, 0.15) is 9.88 Å². The topological polar surface area (TPSA) is 59.5 Å². The summed E-state index contributed by atoms with van der Waals surface area (Å²) < 4.78 is 5.52. The van der Waals surface area contributed by atoms with Gasteiger partial charge < -0.3 is 9.64 Å². The Morgan fingerprint density at radius 2 is 2.04 bits per heavy atom. The van der Waals surface area contributed by atoms with Gasteiger partial charge in [0.25, 0.3) is 5.91 Å². The molecular formula is C21H20N2O3S2. The van der Waals surface area contributed by atoms with Crippen molar-refractivity contribution in [2.45, 2.75) is 32.8 Å². The van der Waals surface area contributed by atoms with Gasteiger partial charge in [0.15, 0.2) is 6.10 Å². The average Bonchev–Trinajstić information content (AvgIpc) is 3.36. The van der Waals surface area contributed by atoms with Crippen molar-refractivity contribution >= 4 is 40.2 Å². The molecule has 28 heavy (non-hydrogen) atoms. The van der Waals surface area contributed by atoms with Crippen molar-refractivity contribution in [3.8, 4) is 9.88 Å². The maximum absolute atomic E-state index is 12.9. The van der Waals surface area contributed by atoms with Gasteiger partial charge in [0.05, 0.1) is 10.6 Å². The van der Waals surface area contributed by atoms with Crippen molar-refractivity contribution < 1.29 is 14.3 Å². The number of anilines is 1. The van der Waals surface area contributed by atoms with E-state index in [2.05, 4.69) is 4.98 Å². The molecule has 3 aromatic rings. The number of amides is 1. The lowest BCUT2D eigenvalue weighted by Crippen LogP contribution is -2.42. The zero-order valence-corrected chi connectivity index (χ0v) is 17.3. The molecule has 2 aromatic heterocycles. The average molecular weight is 413 g/mol. The minimum atomic E-state index is -0.856.